The third-order valence-electron chi connectivity index (χ3n) is 4.40. The Kier molecular flexibility index (Phi) is 6.29. The third kappa shape index (κ3) is 4.25. The van der Waals surface area contributed by atoms with Crippen molar-refractivity contribution in [3.63, 3.8) is 0 Å². The molecule has 0 saturated heterocycles. The Morgan fingerprint density at radius 3 is 2.62 bits per heavy atom. The van der Waals surface area contributed by atoms with E-state index in [-0.39, 0.29) is 5.56 Å². The predicted octanol–water partition coefficient (Wildman–Crippen LogP) is 5.52. The second-order valence-corrected chi connectivity index (χ2v) is 7.25. The maximum absolute atomic E-state index is 12.9. The molecule has 0 atom stereocenters. The first-order valence-corrected chi connectivity index (χ1v) is 10.0. The van der Waals surface area contributed by atoms with Gasteiger partial charge in [-0.2, -0.15) is 0 Å². The zero-order valence-corrected chi connectivity index (χ0v) is 16.0. The Hall–Kier alpha value is -2.33. The monoisotopic (exact) mass is 364 g/mol. The van der Waals surface area contributed by atoms with E-state index in [4.69, 9.17) is 4.98 Å². The first-order valence-electron chi connectivity index (χ1n) is 9.06. The maximum atomic E-state index is 12.9. The van der Waals surface area contributed by atoms with Crippen LogP contribution in [0, 0.1) is 0 Å². The summed E-state index contributed by atoms with van der Waals surface area (Å²) >= 11 is 1.63. The van der Waals surface area contributed by atoms with Gasteiger partial charge in [-0.3, -0.25) is 9.36 Å². The summed E-state index contributed by atoms with van der Waals surface area (Å²) in [5.41, 5.74) is 3.16. The van der Waals surface area contributed by atoms with Gasteiger partial charge in [0.15, 0.2) is 5.16 Å². The number of rotatable bonds is 8. The lowest BCUT2D eigenvalue weighted by Crippen LogP contribution is -2.23. The van der Waals surface area contributed by atoms with Crippen LogP contribution in [0.15, 0.2) is 65.1 Å². The lowest BCUT2D eigenvalue weighted by Gasteiger charge is -2.13. The molecule has 0 spiro atoms. The molecule has 0 aliphatic rings. The molecule has 0 bridgehead atoms. The van der Waals surface area contributed by atoms with Crippen molar-refractivity contribution >= 4 is 28.7 Å². The Labute approximate surface area is 158 Å². The van der Waals surface area contributed by atoms with Crippen LogP contribution in [0.5, 0.6) is 0 Å². The van der Waals surface area contributed by atoms with Crippen molar-refractivity contribution in [2.75, 3.05) is 0 Å². The minimum absolute atomic E-state index is 0.0659. The molecule has 0 radical (unpaired) electrons. The number of fused-ring (bicyclic) bond motifs is 1. The molecule has 134 valence electrons. The number of hydrogen-bond acceptors (Lipinski definition) is 3. The number of benzene rings is 2. The molecule has 3 aromatic rings. The van der Waals surface area contributed by atoms with Crippen LogP contribution in [-0.2, 0) is 12.3 Å². The standard InChI is InChI=1S/C22H24N2OS/c1-3-5-8-15-24-21(25)19-9-6-7-10-20(19)23-22(24)26-16-18-13-11-17(4-2)12-14-18/h4,6-7,9-14H,2-3,5,8,15-16H2,1H3. The van der Waals surface area contributed by atoms with E-state index < -0.39 is 0 Å². The van der Waals surface area contributed by atoms with Crippen LogP contribution in [0.1, 0.15) is 37.3 Å². The van der Waals surface area contributed by atoms with Crippen molar-refractivity contribution in [1.82, 2.24) is 9.55 Å². The average Bonchev–Trinajstić information content (AvgIpc) is 2.69. The van der Waals surface area contributed by atoms with E-state index in [9.17, 15) is 4.79 Å². The largest absolute Gasteiger partial charge is 0.287 e. The number of para-hydroxylation sites is 1. The molecule has 0 aliphatic heterocycles. The fourth-order valence-electron chi connectivity index (χ4n) is 2.87. The molecule has 0 aliphatic carbocycles. The second-order valence-electron chi connectivity index (χ2n) is 6.31. The molecule has 4 heteroatoms. The van der Waals surface area contributed by atoms with E-state index in [1.165, 1.54) is 5.56 Å². The van der Waals surface area contributed by atoms with Crippen molar-refractivity contribution in [2.45, 2.75) is 43.6 Å². The van der Waals surface area contributed by atoms with E-state index in [2.05, 4.69) is 37.8 Å². The summed E-state index contributed by atoms with van der Waals surface area (Å²) in [6.45, 7) is 6.68. The zero-order valence-electron chi connectivity index (χ0n) is 15.1. The van der Waals surface area contributed by atoms with Crippen LogP contribution in [0.25, 0.3) is 17.0 Å². The first-order chi connectivity index (χ1) is 12.7. The van der Waals surface area contributed by atoms with Gasteiger partial charge in [0.25, 0.3) is 5.56 Å². The lowest BCUT2D eigenvalue weighted by molar-refractivity contribution is 0.541. The minimum Gasteiger partial charge on any atom is -0.287 e. The molecule has 1 aromatic heterocycles. The van der Waals surface area contributed by atoms with Gasteiger partial charge in [-0.25, -0.2) is 4.98 Å². The van der Waals surface area contributed by atoms with Crippen LogP contribution in [0.3, 0.4) is 0 Å². The molecule has 3 nitrogen and oxygen atoms in total. The van der Waals surface area contributed by atoms with Crippen molar-refractivity contribution in [3.05, 3.63) is 76.6 Å². The van der Waals surface area contributed by atoms with E-state index in [0.717, 1.165) is 47.8 Å². The zero-order chi connectivity index (χ0) is 18.4. The molecule has 2 aromatic carbocycles. The molecular formula is C22H24N2OS. The van der Waals surface area contributed by atoms with E-state index in [0.29, 0.717) is 5.39 Å². The van der Waals surface area contributed by atoms with Gasteiger partial charge in [0.05, 0.1) is 10.9 Å². The van der Waals surface area contributed by atoms with Gasteiger partial charge in [-0.05, 0) is 29.7 Å². The number of nitrogens with zero attached hydrogens (tertiary/aromatic N) is 2. The number of unbranched alkanes of at least 4 members (excludes halogenated alkanes) is 2. The molecule has 0 amide bonds. The highest BCUT2D eigenvalue weighted by atomic mass is 32.2. The van der Waals surface area contributed by atoms with Gasteiger partial charge in [0.2, 0.25) is 0 Å². The van der Waals surface area contributed by atoms with Gasteiger partial charge in [0.1, 0.15) is 0 Å². The quantitative estimate of drug-likeness (QED) is 0.300. The highest BCUT2D eigenvalue weighted by molar-refractivity contribution is 7.98. The molecule has 1 heterocycles. The minimum atomic E-state index is 0.0659. The molecule has 0 N–H and O–H groups in total. The van der Waals surface area contributed by atoms with Gasteiger partial charge >= 0.3 is 0 Å². The summed E-state index contributed by atoms with van der Waals surface area (Å²) in [7, 11) is 0. The Balaban J connectivity index is 1.89. The Bertz CT molecular complexity index is 945. The van der Waals surface area contributed by atoms with Gasteiger partial charge < -0.3 is 0 Å². The molecule has 26 heavy (non-hydrogen) atoms. The van der Waals surface area contributed by atoms with Crippen LogP contribution in [-0.4, -0.2) is 9.55 Å². The summed E-state index contributed by atoms with van der Waals surface area (Å²) in [5, 5.41) is 1.50. The average molecular weight is 365 g/mol. The van der Waals surface area contributed by atoms with E-state index >= 15 is 0 Å². The molecule has 0 fully saturated rings. The van der Waals surface area contributed by atoms with Crippen LogP contribution in [0.2, 0.25) is 0 Å². The Morgan fingerprint density at radius 1 is 1.12 bits per heavy atom. The summed E-state index contributed by atoms with van der Waals surface area (Å²) in [4.78, 5) is 17.7. The van der Waals surface area contributed by atoms with Crippen molar-refractivity contribution in [1.29, 1.82) is 0 Å². The summed E-state index contributed by atoms with van der Waals surface area (Å²) in [5.74, 6) is 0.788. The number of thioether (sulfide) groups is 1. The van der Waals surface area contributed by atoms with Crippen molar-refractivity contribution < 1.29 is 0 Å². The fourth-order valence-corrected chi connectivity index (χ4v) is 3.85. The van der Waals surface area contributed by atoms with Crippen LogP contribution >= 0.6 is 11.8 Å². The molecule has 0 unspecified atom stereocenters. The van der Waals surface area contributed by atoms with Crippen molar-refractivity contribution in [2.24, 2.45) is 0 Å². The second kappa shape index (κ2) is 8.86. The molecule has 0 saturated carbocycles. The topological polar surface area (TPSA) is 34.9 Å². The lowest BCUT2D eigenvalue weighted by atomic mass is 10.1. The summed E-state index contributed by atoms with van der Waals surface area (Å²) in [6, 6.07) is 15.9. The van der Waals surface area contributed by atoms with E-state index in [1.54, 1.807) is 11.8 Å². The van der Waals surface area contributed by atoms with Gasteiger partial charge in [-0.15, -0.1) is 0 Å². The smallest absolute Gasteiger partial charge is 0.262 e. The molecular weight excluding hydrogens is 340 g/mol. The summed E-state index contributed by atoms with van der Waals surface area (Å²) < 4.78 is 1.85. The van der Waals surface area contributed by atoms with Gasteiger partial charge in [0, 0.05) is 12.3 Å². The summed E-state index contributed by atoms with van der Waals surface area (Å²) in [6.07, 6.45) is 5.09. The number of hydrogen-bond donors (Lipinski definition) is 0. The number of aromatic nitrogens is 2. The fraction of sp³-hybridized carbons (Fsp3) is 0.273. The van der Waals surface area contributed by atoms with Crippen LogP contribution in [0.4, 0.5) is 0 Å². The first kappa shape index (κ1) is 18.5. The van der Waals surface area contributed by atoms with Crippen molar-refractivity contribution in [3.8, 4) is 0 Å². The van der Waals surface area contributed by atoms with E-state index in [1.807, 2.05) is 34.9 Å². The predicted molar refractivity (Wildman–Crippen MR) is 112 cm³/mol. The SMILES string of the molecule is C=Cc1ccc(CSc2nc3ccccc3c(=O)n2CCCCC)cc1. The Morgan fingerprint density at radius 2 is 1.88 bits per heavy atom. The van der Waals surface area contributed by atoms with Gasteiger partial charge in [-0.1, -0.05) is 80.6 Å². The third-order valence-corrected chi connectivity index (χ3v) is 5.44. The molecule has 3 rings (SSSR count). The highest BCUT2D eigenvalue weighted by Crippen LogP contribution is 2.23. The normalized spacial score (nSPS) is 11.0. The van der Waals surface area contributed by atoms with Crippen LogP contribution < -0.4 is 5.56 Å². The highest BCUT2D eigenvalue weighted by Gasteiger charge is 2.11. The maximum Gasteiger partial charge on any atom is 0.262 e.